The molecule has 0 fully saturated rings. The van der Waals surface area contributed by atoms with Crippen molar-refractivity contribution in [2.45, 2.75) is 4.83 Å². The van der Waals surface area contributed by atoms with E-state index in [0.717, 1.165) is 15.1 Å². The van der Waals surface area contributed by atoms with Gasteiger partial charge in [0, 0.05) is 10.4 Å². The lowest BCUT2D eigenvalue weighted by Crippen LogP contribution is -1.94. The first-order valence-corrected chi connectivity index (χ1v) is 7.27. The zero-order valence-electron chi connectivity index (χ0n) is 8.61. The Balaban J connectivity index is 2.36. The molecule has 0 radical (unpaired) electrons. The molecule has 0 spiro atoms. The molecule has 0 aliphatic heterocycles. The summed E-state index contributed by atoms with van der Waals surface area (Å²) in [6.45, 7) is 0. The number of alkyl halides is 1. The van der Waals surface area contributed by atoms with Crippen molar-refractivity contribution >= 4 is 43.2 Å². The van der Waals surface area contributed by atoms with Gasteiger partial charge in [0.15, 0.2) is 0 Å². The zero-order chi connectivity index (χ0) is 11.5. The van der Waals surface area contributed by atoms with E-state index in [2.05, 4.69) is 50.1 Å². The maximum absolute atomic E-state index is 5.36. The smallest absolute Gasteiger partial charge is 0.123 e. The fourth-order valence-corrected chi connectivity index (χ4v) is 3.73. The summed E-state index contributed by atoms with van der Waals surface area (Å²) in [5.74, 6) is 0.911. The molecule has 0 bridgehead atoms. The fraction of sp³-hybridized carbons (Fsp3) is 0.167. The Morgan fingerprint density at radius 2 is 1.94 bits per heavy atom. The summed E-state index contributed by atoms with van der Waals surface area (Å²) in [7, 11) is 1.70. The molecule has 0 saturated carbocycles. The van der Waals surface area contributed by atoms with Gasteiger partial charge in [-0.2, -0.15) is 0 Å². The second-order valence-corrected chi connectivity index (χ2v) is 6.66. The summed E-state index contributed by atoms with van der Waals surface area (Å²) < 4.78 is 6.50. The van der Waals surface area contributed by atoms with E-state index in [1.165, 1.54) is 4.88 Å². The van der Waals surface area contributed by atoms with Crippen molar-refractivity contribution < 1.29 is 4.74 Å². The van der Waals surface area contributed by atoms with Crippen LogP contribution in [0.4, 0.5) is 0 Å². The monoisotopic (exact) mass is 360 g/mol. The first-order valence-electron chi connectivity index (χ1n) is 4.74. The predicted molar refractivity (Wildman–Crippen MR) is 75.8 cm³/mol. The van der Waals surface area contributed by atoms with Gasteiger partial charge >= 0.3 is 0 Å². The quantitative estimate of drug-likeness (QED) is 0.698. The van der Waals surface area contributed by atoms with Crippen LogP contribution >= 0.6 is 43.2 Å². The van der Waals surface area contributed by atoms with Gasteiger partial charge < -0.3 is 4.74 Å². The average molecular weight is 362 g/mol. The second-order valence-electron chi connectivity index (χ2n) is 3.25. The van der Waals surface area contributed by atoms with E-state index in [9.17, 15) is 0 Å². The van der Waals surface area contributed by atoms with E-state index in [-0.39, 0.29) is 4.83 Å². The van der Waals surface area contributed by atoms with Gasteiger partial charge in [-0.3, -0.25) is 0 Å². The summed E-state index contributed by atoms with van der Waals surface area (Å²) in [6.07, 6.45) is 0. The van der Waals surface area contributed by atoms with Crippen molar-refractivity contribution in [1.82, 2.24) is 0 Å². The molecule has 1 atom stereocenters. The molecule has 0 aliphatic rings. The van der Waals surface area contributed by atoms with E-state index in [1.807, 2.05) is 18.2 Å². The number of ether oxygens (including phenoxy) is 1. The van der Waals surface area contributed by atoms with Crippen LogP contribution < -0.4 is 4.74 Å². The van der Waals surface area contributed by atoms with Gasteiger partial charge in [-0.25, -0.2) is 0 Å². The van der Waals surface area contributed by atoms with E-state index in [4.69, 9.17) is 4.74 Å². The fourth-order valence-electron chi connectivity index (χ4n) is 1.49. The lowest BCUT2D eigenvalue weighted by molar-refractivity contribution is 0.410. The van der Waals surface area contributed by atoms with Gasteiger partial charge in [-0.1, -0.05) is 34.1 Å². The lowest BCUT2D eigenvalue weighted by atomic mass is 10.1. The number of rotatable bonds is 3. The summed E-state index contributed by atoms with van der Waals surface area (Å²) in [6, 6.07) is 12.2. The molecule has 2 aromatic rings. The molecule has 1 aromatic carbocycles. The maximum atomic E-state index is 5.36. The summed E-state index contributed by atoms with van der Waals surface area (Å²) in [4.78, 5) is 1.44. The minimum atomic E-state index is 0.181. The summed E-state index contributed by atoms with van der Waals surface area (Å²) in [5.41, 5.74) is 1.15. The Morgan fingerprint density at radius 1 is 1.19 bits per heavy atom. The van der Waals surface area contributed by atoms with Crippen LogP contribution in [0.1, 0.15) is 15.3 Å². The number of benzene rings is 1. The Hall–Kier alpha value is -0.320. The van der Waals surface area contributed by atoms with Crippen molar-refractivity contribution in [1.29, 1.82) is 0 Å². The number of hydrogen-bond donors (Lipinski definition) is 0. The zero-order valence-corrected chi connectivity index (χ0v) is 12.6. The van der Waals surface area contributed by atoms with Gasteiger partial charge in [0.2, 0.25) is 0 Å². The van der Waals surface area contributed by atoms with Crippen LogP contribution in [0, 0.1) is 0 Å². The minimum Gasteiger partial charge on any atom is -0.496 e. The van der Waals surface area contributed by atoms with E-state index >= 15 is 0 Å². The molecule has 84 valence electrons. The molecule has 0 aliphatic carbocycles. The third kappa shape index (κ3) is 2.50. The lowest BCUT2D eigenvalue weighted by Gasteiger charge is -2.12. The van der Waals surface area contributed by atoms with Crippen molar-refractivity contribution in [2.75, 3.05) is 7.11 Å². The SMILES string of the molecule is COc1ccccc1C(Br)c1ccc(Br)s1. The third-order valence-corrected chi connectivity index (χ3v) is 5.23. The predicted octanol–water partition coefficient (Wildman–Crippen LogP) is 5.00. The van der Waals surface area contributed by atoms with Gasteiger partial charge in [0.1, 0.15) is 5.75 Å². The molecule has 1 unspecified atom stereocenters. The maximum Gasteiger partial charge on any atom is 0.123 e. The van der Waals surface area contributed by atoms with Crippen molar-refractivity contribution in [3.8, 4) is 5.75 Å². The average Bonchev–Trinajstić information content (AvgIpc) is 2.75. The Morgan fingerprint density at radius 3 is 2.56 bits per heavy atom. The van der Waals surface area contributed by atoms with Gasteiger partial charge in [-0.05, 0) is 34.1 Å². The van der Waals surface area contributed by atoms with Gasteiger partial charge in [0.05, 0.1) is 15.7 Å². The topological polar surface area (TPSA) is 9.23 Å². The van der Waals surface area contributed by atoms with Crippen LogP contribution in [0.3, 0.4) is 0 Å². The number of para-hydroxylation sites is 1. The molecular weight excluding hydrogens is 352 g/mol. The molecule has 16 heavy (non-hydrogen) atoms. The largest absolute Gasteiger partial charge is 0.496 e. The highest BCUT2D eigenvalue weighted by Gasteiger charge is 2.16. The third-order valence-electron chi connectivity index (χ3n) is 2.26. The van der Waals surface area contributed by atoms with Crippen LogP contribution in [0.2, 0.25) is 0 Å². The van der Waals surface area contributed by atoms with Crippen LogP contribution in [0.25, 0.3) is 0 Å². The molecule has 0 amide bonds. The van der Waals surface area contributed by atoms with Crippen LogP contribution in [-0.2, 0) is 0 Å². The van der Waals surface area contributed by atoms with Crippen molar-refractivity contribution in [3.05, 3.63) is 50.6 Å². The van der Waals surface area contributed by atoms with Crippen LogP contribution in [-0.4, -0.2) is 7.11 Å². The molecule has 1 aromatic heterocycles. The Labute approximate surface area is 116 Å². The summed E-state index contributed by atoms with van der Waals surface area (Å²) in [5, 5.41) is 0. The highest BCUT2D eigenvalue weighted by molar-refractivity contribution is 9.11. The van der Waals surface area contributed by atoms with E-state index < -0.39 is 0 Å². The van der Waals surface area contributed by atoms with E-state index in [1.54, 1.807) is 18.4 Å². The van der Waals surface area contributed by atoms with Crippen LogP contribution in [0.15, 0.2) is 40.2 Å². The second kappa shape index (κ2) is 5.34. The minimum absolute atomic E-state index is 0.181. The number of thiophene rings is 1. The van der Waals surface area contributed by atoms with E-state index in [0.29, 0.717) is 0 Å². The highest BCUT2D eigenvalue weighted by atomic mass is 79.9. The molecule has 0 N–H and O–H groups in total. The standard InChI is InChI=1S/C12H10Br2OS/c1-15-9-5-3-2-4-8(9)12(14)10-6-7-11(13)16-10/h2-7,12H,1H3. The van der Waals surface area contributed by atoms with Crippen molar-refractivity contribution in [3.63, 3.8) is 0 Å². The Bertz CT molecular complexity index is 481. The summed E-state index contributed by atoms with van der Waals surface area (Å²) >= 11 is 8.91. The number of hydrogen-bond acceptors (Lipinski definition) is 2. The molecule has 2 rings (SSSR count). The first-order chi connectivity index (χ1) is 7.72. The Kier molecular flexibility index (Phi) is 4.05. The van der Waals surface area contributed by atoms with Gasteiger partial charge in [0.25, 0.3) is 0 Å². The molecule has 0 saturated heterocycles. The van der Waals surface area contributed by atoms with Gasteiger partial charge in [-0.15, -0.1) is 11.3 Å². The number of methoxy groups -OCH3 is 1. The first kappa shape index (κ1) is 12.1. The molecule has 4 heteroatoms. The normalized spacial score (nSPS) is 12.4. The number of halogens is 2. The van der Waals surface area contributed by atoms with Crippen LogP contribution in [0.5, 0.6) is 5.75 Å². The molecule has 1 nitrogen and oxygen atoms in total. The molecule has 1 heterocycles. The molecular formula is C12H10Br2OS. The van der Waals surface area contributed by atoms with Crippen molar-refractivity contribution in [2.24, 2.45) is 0 Å². The highest BCUT2D eigenvalue weighted by Crippen LogP contribution is 2.40.